The Morgan fingerprint density at radius 2 is 1.72 bits per heavy atom. The predicted octanol–water partition coefficient (Wildman–Crippen LogP) is 4.71. The van der Waals surface area contributed by atoms with E-state index in [2.05, 4.69) is 28.9 Å². The van der Waals surface area contributed by atoms with E-state index in [1.54, 1.807) is 7.11 Å². The number of carboxylic acid groups (broad SMARTS) is 1. The Balaban J connectivity index is 1.86. The predicted molar refractivity (Wildman–Crippen MR) is 115 cm³/mol. The Morgan fingerprint density at radius 3 is 2.31 bits per heavy atom. The van der Waals surface area contributed by atoms with Gasteiger partial charge in [-0.1, -0.05) is 42.5 Å². The molecule has 0 aliphatic rings. The Hall–Kier alpha value is -3.05. The lowest BCUT2D eigenvalue weighted by molar-refractivity contribution is 0.0694. The summed E-state index contributed by atoms with van der Waals surface area (Å²) in [5.74, 6) is -0.0797. The van der Waals surface area contributed by atoms with E-state index in [0.29, 0.717) is 18.7 Å². The molecule has 0 spiro atoms. The molecular weight excluding hydrogens is 364 g/mol. The molecular formula is C24H28N2O3. The van der Waals surface area contributed by atoms with Crippen LogP contribution in [0, 0.1) is 13.8 Å². The molecule has 1 heterocycles. The first-order chi connectivity index (χ1) is 13.9. The molecule has 0 unspecified atom stereocenters. The molecule has 0 radical (unpaired) electrons. The molecule has 3 rings (SSSR count). The van der Waals surface area contributed by atoms with Gasteiger partial charge >= 0.3 is 5.97 Å². The summed E-state index contributed by atoms with van der Waals surface area (Å²) in [6.07, 6.45) is 0. The zero-order valence-electron chi connectivity index (χ0n) is 17.4. The summed E-state index contributed by atoms with van der Waals surface area (Å²) in [6, 6.07) is 18.1. The number of aromatic nitrogens is 1. The highest BCUT2D eigenvalue weighted by Crippen LogP contribution is 2.25. The lowest BCUT2D eigenvalue weighted by Gasteiger charge is -2.15. The standard InChI is InChI=1S/C24H28N2O3/c1-16(20-8-6-5-7-9-20)25-14-22-17(2)26(18(3)23(22)24(27)28)15-19-10-12-21(29-4)13-11-19/h5-13,16,25H,14-15H2,1-4H3,(H,27,28)/t16-/m1/s1. The summed E-state index contributed by atoms with van der Waals surface area (Å²) in [5.41, 5.74) is 5.26. The molecule has 3 aromatic rings. The maximum absolute atomic E-state index is 12.0. The Kier molecular flexibility index (Phi) is 6.39. The van der Waals surface area contributed by atoms with E-state index in [4.69, 9.17) is 4.74 Å². The molecule has 0 amide bonds. The fraction of sp³-hybridized carbons (Fsp3) is 0.292. The second kappa shape index (κ2) is 8.97. The minimum Gasteiger partial charge on any atom is -0.497 e. The third-order valence-corrected chi connectivity index (χ3v) is 5.51. The van der Waals surface area contributed by atoms with E-state index in [-0.39, 0.29) is 6.04 Å². The van der Waals surface area contributed by atoms with E-state index >= 15 is 0 Å². The molecule has 5 heteroatoms. The molecule has 1 atom stereocenters. The number of methoxy groups -OCH3 is 1. The monoisotopic (exact) mass is 392 g/mol. The van der Waals surface area contributed by atoms with Crippen molar-refractivity contribution in [2.24, 2.45) is 0 Å². The van der Waals surface area contributed by atoms with Crippen molar-refractivity contribution in [2.45, 2.75) is 39.9 Å². The molecule has 29 heavy (non-hydrogen) atoms. The summed E-state index contributed by atoms with van der Waals surface area (Å²) in [6.45, 7) is 7.08. The highest BCUT2D eigenvalue weighted by Gasteiger charge is 2.23. The van der Waals surface area contributed by atoms with Crippen molar-refractivity contribution in [1.29, 1.82) is 0 Å². The van der Waals surface area contributed by atoms with Crippen LogP contribution in [0.4, 0.5) is 0 Å². The van der Waals surface area contributed by atoms with Crippen molar-refractivity contribution >= 4 is 5.97 Å². The Bertz CT molecular complexity index is 976. The molecule has 0 bridgehead atoms. The second-order valence-electron chi connectivity index (χ2n) is 7.28. The maximum Gasteiger partial charge on any atom is 0.337 e. The Morgan fingerprint density at radius 1 is 1.07 bits per heavy atom. The van der Waals surface area contributed by atoms with Gasteiger partial charge in [-0.25, -0.2) is 4.79 Å². The SMILES string of the molecule is COc1ccc(Cn2c(C)c(CN[C@H](C)c3ccccc3)c(C(=O)O)c2C)cc1. The second-order valence-corrected chi connectivity index (χ2v) is 7.28. The number of nitrogens with zero attached hydrogens (tertiary/aromatic N) is 1. The van der Waals surface area contributed by atoms with Gasteiger partial charge in [0, 0.05) is 36.1 Å². The lowest BCUT2D eigenvalue weighted by Crippen LogP contribution is -2.19. The molecule has 2 N–H and O–H groups in total. The van der Waals surface area contributed by atoms with Crippen molar-refractivity contribution in [2.75, 3.05) is 7.11 Å². The number of benzene rings is 2. The summed E-state index contributed by atoms with van der Waals surface area (Å²) in [7, 11) is 1.64. The molecule has 0 saturated carbocycles. The molecule has 2 aromatic carbocycles. The van der Waals surface area contributed by atoms with Gasteiger partial charge in [0.25, 0.3) is 0 Å². The summed E-state index contributed by atoms with van der Waals surface area (Å²) in [5, 5.41) is 13.3. The third-order valence-electron chi connectivity index (χ3n) is 5.51. The fourth-order valence-corrected chi connectivity index (χ4v) is 3.71. The number of aromatic carboxylic acids is 1. The molecule has 1 aromatic heterocycles. The number of hydrogen-bond acceptors (Lipinski definition) is 3. The molecule has 152 valence electrons. The summed E-state index contributed by atoms with van der Waals surface area (Å²) >= 11 is 0. The van der Waals surface area contributed by atoms with Gasteiger partial charge in [0.05, 0.1) is 12.7 Å². The molecule has 0 aliphatic carbocycles. The van der Waals surface area contributed by atoms with Crippen molar-refractivity contribution in [1.82, 2.24) is 9.88 Å². The van der Waals surface area contributed by atoms with Crippen molar-refractivity contribution in [3.8, 4) is 5.75 Å². The fourth-order valence-electron chi connectivity index (χ4n) is 3.71. The van der Waals surface area contributed by atoms with Gasteiger partial charge < -0.3 is 19.7 Å². The molecule has 5 nitrogen and oxygen atoms in total. The van der Waals surface area contributed by atoms with Gasteiger partial charge in [-0.15, -0.1) is 0 Å². The van der Waals surface area contributed by atoms with Gasteiger partial charge in [0.1, 0.15) is 5.75 Å². The van der Waals surface area contributed by atoms with Crippen LogP contribution in [0.5, 0.6) is 5.75 Å². The summed E-state index contributed by atoms with van der Waals surface area (Å²) < 4.78 is 7.30. The summed E-state index contributed by atoms with van der Waals surface area (Å²) in [4.78, 5) is 12.0. The van der Waals surface area contributed by atoms with Crippen molar-refractivity contribution in [3.63, 3.8) is 0 Å². The first kappa shape index (κ1) is 20.7. The smallest absolute Gasteiger partial charge is 0.337 e. The van der Waals surface area contributed by atoms with E-state index in [0.717, 1.165) is 28.3 Å². The highest BCUT2D eigenvalue weighted by atomic mass is 16.5. The van der Waals surface area contributed by atoms with Gasteiger partial charge in [0.15, 0.2) is 0 Å². The normalized spacial score (nSPS) is 12.0. The van der Waals surface area contributed by atoms with Gasteiger partial charge in [-0.2, -0.15) is 0 Å². The van der Waals surface area contributed by atoms with E-state index in [1.165, 1.54) is 5.56 Å². The van der Waals surface area contributed by atoms with Crippen LogP contribution in [0.1, 0.15) is 51.4 Å². The highest BCUT2D eigenvalue weighted by molar-refractivity contribution is 5.91. The average molecular weight is 392 g/mol. The van der Waals surface area contributed by atoms with Crippen LogP contribution in [0.25, 0.3) is 0 Å². The van der Waals surface area contributed by atoms with Crippen molar-refractivity contribution < 1.29 is 14.6 Å². The number of carboxylic acids is 1. The van der Waals surface area contributed by atoms with Gasteiger partial charge in [-0.3, -0.25) is 0 Å². The number of nitrogens with one attached hydrogen (secondary N) is 1. The van der Waals surface area contributed by atoms with Crippen LogP contribution in [-0.2, 0) is 13.1 Å². The number of rotatable bonds is 8. The topological polar surface area (TPSA) is 63.5 Å². The third kappa shape index (κ3) is 4.51. The number of carbonyl (C=O) groups is 1. The molecule has 0 aliphatic heterocycles. The van der Waals surface area contributed by atoms with Gasteiger partial charge in [-0.05, 0) is 44.0 Å². The largest absolute Gasteiger partial charge is 0.497 e. The first-order valence-electron chi connectivity index (χ1n) is 9.75. The Labute approximate surface area is 172 Å². The quantitative estimate of drug-likeness (QED) is 0.583. The lowest BCUT2D eigenvalue weighted by atomic mass is 10.1. The number of ether oxygens (including phenoxy) is 1. The van der Waals surface area contributed by atoms with Crippen LogP contribution >= 0.6 is 0 Å². The van der Waals surface area contributed by atoms with Gasteiger partial charge in [0.2, 0.25) is 0 Å². The molecule has 0 fully saturated rings. The maximum atomic E-state index is 12.0. The average Bonchev–Trinajstić information content (AvgIpc) is 2.97. The zero-order valence-corrected chi connectivity index (χ0v) is 17.4. The minimum absolute atomic E-state index is 0.127. The van der Waals surface area contributed by atoms with E-state index in [1.807, 2.05) is 56.3 Å². The minimum atomic E-state index is -0.886. The van der Waals surface area contributed by atoms with E-state index in [9.17, 15) is 9.90 Å². The number of hydrogen-bond donors (Lipinski definition) is 2. The van der Waals surface area contributed by atoms with E-state index < -0.39 is 5.97 Å². The van der Waals surface area contributed by atoms with Crippen LogP contribution in [-0.4, -0.2) is 22.8 Å². The molecule has 0 saturated heterocycles. The van der Waals surface area contributed by atoms with Crippen LogP contribution in [0.2, 0.25) is 0 Å². The van der Waals surface area contributed by atoms with Crippen LogP contribution < -0.4 is 10.1 Å². The zero-order chi connectivity index (χ0) is 21.0. The van der Waals surface area contributed by atoms with Crippen LogP contribution in [0.15, 0.2) is 54.6 Å². The van der Waals surface area contributed by atoms with Crippen molar-refractivity contribution in [3.05, 3.63) is 88.2 Å². The first-order valence-corrected chi connectivity index (χ1v) is 9.75. The van der Waals surface area contributed by atoms with Crippen LogP contribution in [0.3, 0.4) is 0 Å².